The first-order chi connectivity index (χ1) is 10.0. The smallest absolute Gasteiger partial charge is 0.208 e. The summed E-state index contributed by atoms with van der Waals surface area (Å²) in [5, 5.41) is 3.24. The summed E-state index contributed by atoms with van der Waals surface area (Å²) in [6.07, 6.45) is 5.88. The summed E-state index contributed by atoms with van der Waals surface area (Å²) in [5.41, 5.74) is 0.480. The van der Waals surface area contributed by atoms with Crippen LogP contribution < -0.4 is 5.32 Å². The lowest BCUT2D eigenvalue weighted by Crippen LogP contribution is -2.18. The van der Waals surface area contributed by atoms with Gasteiger partial charge in [0.1, 0.15) is 5.82 Å². The van der Waals surface area contributed by atoms with E-state index in [2.05, 4.69) is 10.3 Å². The molecule has 0 saturated heterocycles. The zero-order valence-corrected chi connectivity index (χ0v) is 11.7. The molecule has 1 aromatic heterocycles. The molecule has 0 bridgehead atoms. The van der Waals surface area contributed by atoms with Crippen molar-refractivity contribution in [3.05, 3.63) is 41.5 Å². The number of aromatic nitrogens is 2. The summed E-state index contributed by atoms with van der Waals surface area (Å²) >= 11 is 0. The predicted octanol–water partition coefficient (Wildman–Crippen LogP) is 3.95. The minimum atomic E-state index is -1.21. The van der Waals surface area contributed by atoms with Crippen LogP contribution in [-0.2, 0) is 0 Å². The largest absolute Gasteiger partial charge is 0.353 e. The highest BCUT2D eigenvalue weighted by molar-refractivity contribution is 5.45. The first-order valence-electron chi connectivity index (χ1n) is 7.02. The second kappa shape index (κ2) is 5.42. The van der Waals surface area contributed by atoms with Crippen molar-refractivity contribution in [1.29, 1.82) is 0 Å². The van der Waals surface area contributed by atoms with Crippen molar-refractivity contribution in [2.24, 2.45) is 0 Å². The molecule has 3 nitrogen and oxygen atoms in total. The van der Waals surface area contributed by atoms with Gasteiger partial charge in [0, 0.05) is 24.4 Å². The van der Waals surface area contributed by atoms with Gasteiger partial charge in [-0.1, -0.05) is 12.8 Å². The Morgan fingerprint density at radius 2 is 1.90 bits per heavy atom. The number of aryl methyl sites for hydroxylation is 1. The lowest BCUT2D eigenvalue weighted by Gasteiger charge is -2.15. The third-order valence-electron chi connectivity index (χ3n) is 3.75. The molecule has 1 N–H and O–H groups in total. The average Bonchev–Trinajstić information content (AvgIpc) is 3.04. The van der Waals surface area contributed by atoms with Crippen LogP contribution in [0.2, 0.25) is 0 Å². The van der Waals surface area contributed by atoms with Crippen LogP contribution in [0, 0.1) is 24.4 Å². The van der Waals surface area contributed by atoms with Crippen LogP contribution in [0.3, 0.4) is 0 Å². The van der Waals surface area contributed by atoms with Gasteiger partial charge in [-0.25, -0.2) is 18.2 Å². The van der Waals surface area contributed by atoms with Gasteiger partial charge in [0.2, 0.25) is 5.95 Å². The zero-order valence-electron chi connectivity index (χ0n) is 11.7. The van der Waals surface area contributed by atoms with Gasteiger partial charge in [-0.15, -0.1) is 0 Å². The summed E-state index contributed by atoms with van der Waals surface area (Å²) in [7, 11) is 0. The van der Waals surface area contributed by atoms with Gasteiger partial charge in [0.25, 0.3) is 0 Å². The first kappa shape index (κ1) is 14.0. The molecule has 1 saturated carbocycles. The molecular formula is C15H16F3N3. The van der Waals surface area contributed by atoms with Gasteiger partial charge in [0.15, 0.2) is 11.6 Å². The van der Waals surface area contributed by atoms with E-state index >= 15 is 0 Å². The van der Waals surface area contributed by atoms with Crippen LogP contribution >= 0.6 is 0 Å². The van der Waals surface area contributed by atoms with Crippen LogP contribution in [-0.4, -0.2) is 15.6 Å². The van der Waals surface area contributed by atoms with Crippen LogP contribution in [0.1, 0.15) is 31.4 Å². The third kappa shape index (κ3) is 2.75. The highest BCUT2D eigenvalue weighted by atomic mass is 19.2. The molecule has 3 rings (SSSR count). The maximum atomic E-state index is 14.0. The van der Waals surface area contributed by atoms with Crippen molar-refractivity contribution in [2.45, 2.75) is 38.6 Å². The van der Waals surface area contributed by atoms with E-state index in [1.807, 2.05) is 0 Å². The number of benzene rings is 1. The zero-order chi connectivity index (χ0) is 15.0. The van der Waals surface area contributed by atoms with Crippen LogP contribution in [0.15, 0.2) is 18.3 Å². The summed E-state index contributed by atoms with van der Waals surface area (Å²) < 4.78 is 42.1. The Balaban J connectivity index is 2.02. The van der Waals surface area contributed by atoms with Gasteiger partial charge >= 0.3 is 0 Å². The minimum absolute atomic E-state index is 0.173. The molecule has 21 heavy (non-hydrogen) atoms. The van der Waals surface area contributed by atoms with Crippen molar-refractivity contribution in [1.82, 2.24) is 9.55 Å². The number of rotatable bonds is 3. The Kier molecular flexibility index (Phi) is 3.61. The Labute approximate surface area is 120 Å². The highest BCUT2D eigenvalue weighted by Crippen LogP contribution is 2.26. The molecule has 1 aromatic carbocycles. The molecule has 0 atom stereocenters. The number of nitrogens with one attached hydrogen (secondary N) is 1. The SMILES string of the molecule is Cc1cn(-c2cc(F)cc(F)c2F)c(NC2CCCC2)n1. The first-order valence-corrected chi connectivity index (χ1v) is 7.02. The van der Waals surface area contributed by atoms with Gasteiger partial charge in [0.05, 0.1) is 11.4 Å². The van der Waals surface area contributed by atoms with Crippen molar-refractivity contribution in [3.8, 4) is 5.69 Å². The number of anilines is 1. The number of imidazole rings is 1. The molecule has 1 aliphatic rings. The van der Waals surface area contributed by atoms with E-state index in [0.29, 0.717) is 17.7 Å². The van der Waals surface area contributed by atoms with Gasteiger partial charge in [-0.3, -0.25) is 4.57 Å². The fourth-order valence-corrected chi connectivity index (χ4v) is 2.75. The third-order valence-corrected chi connectivity index (χ3v) is 3.75. The molecule has 1 aliphatic carbocycles. The lowest BCUT2D eigenvalue weighted by atomic mass is 10.2. The fourth-order valence-electron chi connectivity index (χ4n) is 2.75. The Morgan fingerprint density at radius 3 is 2.62 bits per heavy atom. The van der Waals surface area contributed by atoms with Crippen molar-refractivity contribution < 1.29 is 13.2 Å². The summed E-state index contributed by atoms with van der Waals surface area (Å²) in [5.74, 6) is -2.68. The molecule has 0 radical (unpaired) electrons. The van der Waals surface area contributed by atoms with E-state index in [0.717, 1.165) is 31.7 Å². The molecule has 0 amide bonds. The van der Waals surface area contributed by atoms with Crippen LogP contribution in [0.25, 0.3) is 5.69 Å². The Morgan fingerprint density at radius 1 is 1.19 bits per heavy atom. The minimum Gasteiger partial charge on any atom is -0.353 e. The quantitative estimate of drug-likeness (QED) is 0.869. The molecule has 1 fully saturated rings. The fraction of sp³-hybridized carbons (Fsp3) is 0.400. The van der Waals surface area contributed by atoms with Crippen LogP contribution in [0.5, 0.6) is 0 Å². The maximum absolute atomic E-state index is 14.0. The van der Waals surface area contributed by atoms with Crippen molar-refractivity contribution >= 4 is 5.95 Å². The van der Waals surface area contributed by atoms with E-state index in [1.165, 1.54) is 4.57 Å². The van der Waals surface area contributed by atoms with Gasteiger partial charge in [-0.2, -0.15) is 0 Å². The summed E-state index contributed by atoms with van der Waals surface area (Å²) in [4.78, 5) is 4.29. The number of hydrogen-bond acceptors (Lipinski definition) is 2. The number of hydrogen-bond donors (Lipinski definition) is 1. The Hall–Kier alpha value is -1.98. The van der Waals surface area contributed by atoms with E-state index in [-0.39, 0.29) is 11.7 Å². The highest BCUT2D eigenvalue weighted by Gasteiger charge is 2.20. The average molecular weight is 295 g/mol. The second-order valence-electron chi connectivity index (χ2n) is 5.42. The van der Waals surface area contributed by atoms with E-state index < -0.39 is 17.5 Å². The molecule has 1 heterocycles. The Bertz CT molecular complexity index is 660. The molecule has 0 aliphatic heterocycles. The summed E-state index contributed by atoms with van der Waals surface area (Å²) in [6.45, 7) is 1.75. The number of halogens is 3. The molecule has 0 unspecified atom stereocenters. The second-order valence-corrected chi connectivity index (χ2v) is 5.42. The van der Waals surface area contributed by atoms with Crippen LogP contribution in [0.4, 0.5) is 19.1 Å². The lowest BCUT2D eigenvalue weighted by molar-refractivity contribution is 0.490. The topological polar surface area (TPSA) is 29.9 Å². The van der Waals surface area contributed by atoms with E-state index in [9.17, 15) is 13.2 Å². The molecular weight excluding hydrogens is 279 g/mol. The van der Waals surface area contributed by atoms with Gasteiger partial charge < -0.3 is 5.32 Å². The van der Waals surface area contributed by atoms with Gasteiger partial charge in [-0.05, 0) is 19.8 Å². The number of nitrogens with zero attached hydrogens (tertiary/aromatic N) is 2. The summed E-state index contributed by atoms with van der Waals surface area (Å²) in [6, 6.07) is 1.78. The normalized spacial score (nSPS) is 15.6. The maximum Gasteiger partial charge on any atom is 0.208 e. The predicted molar refractivity (Wildman–Crippen MR) is 74.1 cm³/mol. The van der Waals surface area contributed by atoms with Crippen molar-refractivity contribution in [2.75, 3.05) is 5.32 Å². The molecule has 2 aromatic rings. The van der Waals surface area contributed by atoms with E-state index in [4.69, 9.17) is 0 Å². The monoisotopic (exact) mass is 295 g/mol. The van der Waals surface area contributed by atoms with Crippen molar-refractivity contribution in [3.63, 3.8) is 0 Å². The molecule has 0 spiro atoms. The molecule has 112 valence electrons. The standard InChI is InChI=1S/C15H16F3N3/c1-9-8-21(13-7-10(16)6-12(17)14(13)18)15(19-9)20-11-4-2-3-5-11/h6-8,11H,2-5H2,1H3,(H,19,20). The molecule has 6 heteroatoms. The van der Waals surface area contributed by atoms with E-state index in [1.54, 1.807) is 13.1 Å².